The van der Waals surface area contributed by atoms with Gasteiger partial charge in [0.1, 0.15) is 5.75 Å². The molecule has 1 amide bonds. The number of hydrogen-bond acceptors (Lipinski definition) is 4. The Balaban J connectivity index is 0.00000420. The summed E-state index contributed by atoms with van der Waals surface area (Å²) < 4.78 is 10.6. The van der Waals surface area contributed by atoms with Crippen LogP contribution in [-0.4, -0.2) is 51.4 Å². The van der Waals surface area contributed by atoms with E-state index in [2.05, 4.69) is 53.0 Å². The fourth-order valence-electron chi connectivity index (χ4n) is 3.26. The fraction of sp³-hybridized carbons (Fsp3) is 0.619. The molecule has 1 aliphatic heterocycles. The first-order valence-electron chi connectivity index (χ1n) is 10.1. The standard InChI is InChI=1S/C21H34N4O3.HI/c1-5-27-21(26)25-18(12-15(2)3)14-24-20(22-4)23-10-8-16-6-7-19-17(13-16)9-11-28-19;/h6-7,13,15,18H,5,8-12,14H2,1-4H3,(H,25,26)(H2,22,23,24);1H. The van der Waals surface area contributed by atoms with Crippen LogP contribution in [0.2, 0.25) is 0 Å². The Morgan fingerprint density at radius 1 is 1.31 bits per heavy atom. The van der Waals surface area contributed by atoms with Gasteiger partial charge in [-0.25, -0.2) is 4.79 Å². The zero-order chi connectivity index (χ0) is 20.4. The van der Waals surface area contributed by atoms with Crippen LogP contribution in [-0.2, 0) is 17.6 Å². The summed E-state index contributed by atoms with van der Waals surface area (Å²) >= 11 is 0. The third-order valence-electron chi connectivity index (χ3n) is 4.55. The van der Waals surface area contributed by atoms with Gasteiger partial charge in [-0.2, -0.15) is 0 Å². The number of hydrogen-bond donors (Lipinski definition) is 3. The molecule has 7 nitrogen and oxygen atoms in total. The van der Waals surface area contributed by atoms with Crippen molar-refractivity contribution in [3.05, 3.63) is 29.3 Å². The molecule has 1 aromatic rings. The van der Waals surface area contributed by atoms with E-state index in [9.17, 15) is 4.79 Å². The van der Waals surface area contributed by atoms with Crippen LogP contribution in [0.1, 0.15) is 38.3 Å². The van der Waals surface area contributed by atoms with Crippen LogP contribution in [0.5, 0.6) is 5.75 Å². The number of benzene rings is 1. The maximum absolute atomic E-state index is 11.7. The summed E-state index contributed by atoms with van der Waals surface area (Å²) in [5.41, 5.74) is 2.58. The lowest BCUT2D eigenvalue weighted by Gasteiger charge is -2.22. The number of ether oxygens (including phenoxy) is 2. The molecule has 1 atom stereocenters. The van der Waals surface area contributed by atoms with E-state index in [4.69, 9.17) is 9.47 Å². The number of halogens is 1. The summed E-state index contributed by atoms with van der Waals surface area (Å²) in [6, 6.07) is 6.38. The monoisotopic (exact) mass is 518 g/mol. The lowest BCUT2D eigenvalue weighted by atomic mass is 10.0. The molecule has 0 aromatic heterocycles. The number of rotatable bonds is 9. The molecule has 1 unspecified atom stereocenters. The molecule has 0 aliphatic carbocycles. The number of aliphatic imine (C=N–C) groups is 1. The number of amides is 1. The van der Waals surface area contributed by atoms with E-state index in [1.54, 1.807) is 14.0 Å². The molecular weight excluding hydrogens is 483 g/mol. The van der Waals surface area contributed by atoms with Crippen molar-refractivity contribution in [3.63, 3.8) is 0 Å². The van der Waals surface area contributed by atoms with Gasteiger partial charge in [0.25, 0.3) is 0 Å². The Kier molecular flexibility index (Phi) is 11.8. The van der Waals surface area contributed by atoms with Gasteiger partial charge in [0.05, 0.1) is 13.2 Å². The molecule has 1 aliphatic rings. The van der Waals surface area contributed by atoms with Crippen molar-refractivity contribution < 1.29 is 14.3 Å². The number of alkyl carbamates (subject to hydrolysis) is 1. The largest absolute Gasteiger partial charge is 0.493 e. The van der Waals surface area contributed by atoms with Crippen molar-refractivity contribution in [1.29, 1.82) is 0 Å². The SMILES string of the molecule is CCOC(=O)NC(CNC(=NC)NCCc1ccc2c(c1)CCO2)CC(C)C.I. The molecule has 0 radical (unpaired) electrons. The molecule has 2 rings (SSSR count). The predicted molar refractivity (Wildman–Crippen MR) is 128 cm³/mol. The topological polar surface area (TPSA) is 84.0 Å². The number of fused-ring (bicyclic) bond motifs is 1. The molecular formula is C21H35IN4O3. The molecule has 1 aromatic carbocycles. The summed E-state index contributed by atoms with van der Waals surface area (Å²) in [6.45, 7) is 8.58. The van der Waals surface area contributed by atoms with Gasteiger partial charge in [0, 0.05) is 32.6 Å². The first kappa shape index (κ1) is 25.3. The zero-order valence-corrected chi connectivity index (χ0v) is 20.2. The van der Waals surface area contributed by atoms with Gasteiger partial charge >= 0.3 is 6.09 Å². The van der Waals surface area contributed by atoms with Crippen LogP contribution in [0.15, 0.2) is 23.2 Å². The van der Waals surface area contributed by atoms with Crippen molar-refractivity contribution in [3.8, 4) is 5.75 Å². The highest BCUT2D eigenvalue weighted by molar-refractivity contribution is 14.0. The van der Waals surface area contributed by atoms with Gasteiger partial charge < -0.3 is 25.4 Å². The van der Waals surface area contributed by atoms with E-state index >= 15 is 0 Å². The Bertz CT molecular complexity index is 667. The third kappa shape index (κ3) is 9.10. The average molecular weight is 518 g/mol. The van der Waals surface area contributed by atoms with E-state index in [1.165, 1.54) is 11.1 Å². The predicted octanol–water partition coefficient (Wildman–Crippen LogP) is 3.11. The van der Waals surface area contributed by atoms with Crippen LogP contribution in [0.25, 0.3) is 0 Å². The lowest BCUT2D eigenvalue weighted by Crippen LogP contribution is -2.48. The van der Waals surface area contributed by atoms with Crippen LogP contribution in [0, 0.1) is 5.92 Å². The maximum Gasteiger partial charge on any atom is 0.407 e. The number of carbonyl (C=O) groups is 1. The van der Waals surface area contributed by atoms with Gasteiger partial charge in [-0.1, -0.05) is 26.0 Å². The van der Waals surface area contributed by atoms with E-state index in [0.717, 1.165) is 44.1 Å². The quantitative estimate of drug-likeness (QED) is 0.266. The van der Waals surface area contributed by atoms with Crippen molar-refractivity contribution in [2.45, 2.75) is 46.1 Å². The number of guanidine groups is 1. The Hall–Kier alpha value is -1.71. The number of carbonyl (C=O) groups excluding carboxylic acids is 1. The molecule has 0 saturated carbocycles. The molecule has 0 fully saturated rings. The smallest absolute Gasteiger partial charge is 0.407 e. The van der Waals surface area contributed by atoms with Crippen molar-refractivity contribution in [1.82, 2.24) is 16.0 Å². The highest BCUT2D eigenvalue weighted by Crippen LogP contribution is 2.25. The molecule has 8 heteroatoms. The first-order chi connectivity index (χ1) is 13.5. The second-order valence-corrected chi connectivity index (χ2v) is 7.36. The molecule has 1 heterocycles. The van der Waals surface area contributed by atoms with Gasteiger partial charge in [-0.3, -0.25) is 4.99 Å². The van der Waals surface area contributed by atoms with Crippen LogP contribution < -0.4 is 20.7 Å². The molecule has 0 saturated heterocycles. The van der Waals surface area contributed by atoms with Crippen molar-refractivity contribution >= 4 is 36.0 Å². The average Bonchev–Trinajstić information content (AvgIpc) is 3.11. The fourth-order valence-corrected chi connectivity index (χ4v) is 3.26. The maximum atomic E-state index is 11.7. The summed E-state index contributed by atoms with van der Waals surface area (Å²) in [5.74, 6) is 2.20. The van der Waals surface area contributed by atoms with Crippen LogP contribution >= 0.6 is 24.0 Å². The third-order valence-corrected chi connectivity index (χ3v) is 4.55. The molecule has 3 N–H and O–H groups in total. The lowest BCUT2D eigenvalue weighted by molar-refractivity contribution is 0.146. The minimum absolute atomic E-state index is 0. The van der Waals surface area contributed by atoms with Gasteiger partial charge in [0.2, 0.25) is 0 Å². The van der Waals surface area contributed by atoms with Gasteiger partial charge in [-0.15, -0.1) is 24.0 Å². The highest BCUT2D eigenvalue weighted by Gasteiger charge is 2.15. The second kappa shape index (κ2) is 13.5. The Labute approximate surface area is 191 Å². The van der Waals surface area contributed by atoms with Crippen molar-refractivity contribution in [2.24, 2.45) is 10.9 Å². The highest BCUT2D eigenvalue weighted by atomic mass is 127. The van der Waals surface area contributed by atoms with E-state index in [1.807, 2.05) is 0 Å². The minimum atomic E-state index is -0.376. The normalized spacial score (nSPS) is 13.8. The van der Waals surface area contributed by atoms with E-state index < -0.39 is 0 Å². The first-order valence-corrected chi connectivity index (χ1v) is 10.1. The van der Waals surface area contributed by atoms with Crippen LogP contribution in [0.4, 0.5) is 4.79 Å². The Morgan fingerprint density at radius 2 is 2.10 bits per heavy atom. The Morgan fingerprint density at radius 3 is 2.79 bits per heavy atom. The second-order valence-electron chi connectivity index (χ2n) is 7.36. The number of nitrogens with zero attached hydrogens (tertiary/aromatic N) is 1. The van der Waals surface area contributed by atoms with Crippen molar-refractivity contribution in [2.75, 3.05) is 33.4 Å². The molecule has 29 heavy (non-hydrogen) atoms. The summed E-state index contributed by atoms with van der Waals surface area (Å²) in [6.07, 6.45) is 2.38. The summed E-state index contributed by atoms with van der Waals surface area (Å²) in [7, 11) is 1.75. The summed E-state index contributed by atoms with van der Waals surface area (Å²) in [5, 5.41) is 9.55. The zero-order valence-electron chi connectivity index (χ0n) is 17.9. The van der Waals surface area contributed by atoms with E-state index in [0.29, 0.717) is 19.1 Å². The van der Waals surface area contributed by atoms with Crippen LogP contribution in [0.3, 0.4) is 0 Å². The molecule has 0 bridgehead atoms. The molecule has 0 spiro atoms. The number of nitrogens with one attached hydrogen (secondary N) is 3. The van der Waals surface area contributed by atoms with Gasteiger partial charge in [0.15, 0.2) is 5.96 Å². The van der Waals surface area contributed by atoms with E-state index in [-0.39, 0.29) is 36.1 Å². The molecule has 164 valence electrons. The summed E-state index contributed by atoms with van der Waals surface area (Å²) in [4.78, 5) is 16.0. The van der Waals surface area contributed by atoms with Gasteiger partial charge in [-0.05, 0) is 42.9 Å². The minimum Gasteiger partial charge on any atom is -0.493 e.